The summed E-state index contributed by atoms with van der Waals surface area (Å²) in [6.45, 7) is 3.05. The molecule has 0 atom stereocenters. The van der Waals surface area contributed by atoms with Gasteiger partial charge in [0, 0.05) is 13.1 Å². The number of primary amides is 1. The number of nitrogens with two attached hydrogens (primary N) is 2. The van der Waals surface area contributed by atoms with Crippen LogP contribution in [0.25, 0.3) is 0 Å². The maximum atomic E-state index is 11.4. The molecule has 6 N–H and O–H groups in total. The van der Waals surface area contributed by atoms with E-state index in [0.717, 1.165) is 18.9 Å². The van der Waals surface area contributed by atoms with Crippen molar-refractivity contribution < 1.29 is 9.53 Å². The average molecular weight is 303 g/mol. The van der Waals surface area contributed by atoms with E-state index < -0.39 is 5.91 Å². The lowest BCUT2D eigenvalue weighted by Gasteiger charge is -2.27. The van der Waals surface area contributed by atoms with Crippen molar-refractivity contribution in [2.24, 2.45) is 5.73 Å². The number of hydrogen-bond acceptors (Lipinski definition) is 7. The number of carbonyl (C=O) groups excluding carboxylic acids is 1. The van der Waals surface area contributed by atoms with Crippen LogP contribution < -0.4 is 21.7 Å². The number of rotatable bonds is 4. The Balaban J connectivity index is 1.75. The molecule has 0 unspecified atom stereocenters. The molecule has 0 aromatic carbocycles. The average Bonchev–Trinajstić information content (AvgIpc) is 2.90. The van der Waals surface area contributed by atoms with Crippen LogP contribution in [0, 0.1) is 0 Å². The first kappa shape index (κ1) is 14.1. The topological polar surface area (TPSA) is 135 Å². The number of nitrogens with zero attached hydrogens (tertiary/aromatic N) is 3. The number of amides is 1. The highest BCUT2D eigenvalue weighted by atomic mass is 16.5. The second kappa shape index (κ2) is 5.90. The summed E-state index contributed by atoms with van der Waals surface area (Å²) in [4.78, 5) is 17.9. The van der Waals surface area contributed by atoms with E-state index in [0.29, 0.717) is 18.9 Å². The third kappa shape index (κ3) is 2.79. The van der Waals surface area contributed by atoms with E-state index in [4.69, 9.17) is 16.2 Å². The number of H-pyrrole nitrogens is 1. The zero-order chi connectivity index (χ0) is 15.5. The van der Waals surface area contributed by atoms with Crippen LogP contribution in [0.2, 0.25) is 0 Å². The zero-order valence-corrected chi connectivity index (χ0v) is 11.9. The number of pyridine rings is 1. The van der Waals surface area contributed by atoms with E-state index in [2.05, 4.69) is 25.4 Å². The second-order valence-electron chi connectivity index (χ2n) is 4.85. The van der Waals surface area contributed by atoms with Crippen molar-refractivity contribution in [2.75, 3.05) is 42.3 Å². The van der Waals surface area contributed by atoms with Crippen LogP contribution >= 0.6 is 0 Å². The highest BCUT2D eigenvalue weighted by Gasteiger charge is 2.17. The molecule has 1 fully saturated rings. The minimum Gasteiger partial charge on any atom is -0.383 e. The molecule has 0 bridgehead atoms. The smallest absolute Gasteiger partial charge is 0.256 e. The molecule has 116 valence electrons. The van der Waals surface area contributed by atoms with E-state index in [1.807, 2.05) is 12.1 Å². The number of aromatic nitrogens is 3. The quantitative estimate of drug-likeness (QED) is 0.627. The number of morpholine rings is 1. The van der Waals surface area contributed by atoms with Gasteiger partial charge in [-0.3, -0.25) is 9.89 Å². The molecule has 0 aliphatic carbocycles. The Morgan fingerprint density at radius 2 is 2.14 bits per heavy atom. The van der Waals surface area contributed by atoms with Crippen molar-refractivity contribution in [1.82, 2.24) is 15.2 Å². The van der Waals surface area contributed by atoms with E-state index in [-0.39, 0.29) is 17.2 Å². The number of hydrogen-bond donors (Lipinski definition) is 4. The molecule has 0 saturated carbocycles. The lowest BCUT2D eigenvalue weighted by molar-refractivity contribution is 0.100. The molecule has 1 amide bonds. The fourth-order valence-corrected chi connectivity index (χ4v) is 2.27. The van der Waals surface area contributed by atoms with E-state index >= 15 is 0 Å². The summed E-state index contributed by atoms with van der Waals surface area (Å²) in [5.41, 5.74) is 11.7. The van der Waals surface area contributed by atoms with Gasteiger partial charge in [-0.15, -0.1) is 0 Å². The Bertz CT molecular complexity index is 662. The van der Waals surface area contributed by atoms with Gasteiger partial charge in [-0.05, 0) is 12.1 Å². The summed E-state index contributed by atoms with van der Waals surface area (Å²) in [6, 6.07) is 3.75. The van der Waals surface area contributed by atoms with Gasteiger partial charge in [0.2, 0.25) is 0 Å². The molecule has 1 aliphatic rings. The van der Waals surface area contributed by atoms with Crippen molar-refractivity contribution in [3.05, 3.63) is 23.9 Å². The van der Waals surface area contributed by atoms with Crippen molar-refractivity contribution >= 4 is 29.0 Å². The van der Waals surface area contributed by atoms with Crippen LogP contribution in [0.3, 0.4) is 0 Å². The molecule has 9 heteroatoms. The second-order valence-corrected chi connectivity index (χ2v) is 4.85. The minimum absolute atomic E-state index is 0.132. The van der Waals surface area contributed by atoms with Crippen molar-refractivity contribution in [1.29, 1.82) is 0 Å². The standard InChI is InChI=1S/C13H17N7O2/c14-11-10(12(15)21)13(19-18-11)17-8-1-2-9(16-7-8)20-3-5-22-6-4-20/h1-2,7H,3-6H2,(H2,15,21)(H4,14,17,18,19). The maximum Gasteiger partial charge on any atom is 0.256 e. The summed E-state index contributed by atoms with van der Waals surface area (Å²) in [5, 5.41) is 9.43. The summed E-state index contributed by atoms with van der Waals surface area (Å²) in [7, 11) is 0. The van der Waals surface area contributed by atoms with Crippen LogP contribution in [0.1, 0.15) is 10.4 Å². The lowest BCUT2D eigenvalue weighted by Crippen LogP contribution is -2.36. The molecule has 3 heterocycles. The Morgan fingerprint density at radius 1 is 1.36 bits per heavy atom. The Labute approximate surface area is 126 Å². The Kier molecular flexibility index (Phi) is 3.79. The third-order valence-electron chi connectivity index (χ3n) is 3.39. The molecule has 0 spiro atoms. The summed E-state index contributed by atoms with van der Waals surface area (Å²) >= 11 is 0. The summed E-state index contributed by atoms with van der Waals surface area (Å²) < 4.78 is 5.31. The van der Waals surface area contributed by atoms with Gasteiger partial charge >= 0.3 is 0 Å². The third-order valence-corrected chi connectivity index (χ3v) is 3.39. The Morgan fingerprint density at radius 3 is 2.77 bits per heavy atom. The van der Waals surface area contributed by atoms with Crippen LogP contribution in [0.4, 0.5) is 23.1 Å². The zero-order valence-electron chi connectivity index (χ0n) is 11.9. The summed E-state index contributed by atoms with van der Waals surface area (Å²) in [5.74, 6) is 0.649. The first-order valence-corrected chi connectivity index (χ1v) is 6.84. The van der Waals surface area contributed by atoms with Gasteiger partial charge in [0.05, 0.1) is 25.1 Å². The van der Waals surface area contributed by atoms with Crippen molar-refractivity contribution in [2.45, 2.75) is 0 Å². The fourth-order valence-electron chi connectivity index (χ4n) is 2.27. The van der Waals surface area contributed by atoms with Gasteiger partial charge in [0.25, 0.3) is 5.91 Å². The molecule has 1 aliphatic heterocycles. The number of ether oxygens (including phenoxy) is 1. The largest absolute Gasteiger partial charge is 0.383 e. The Hall–Kier alpha value is -2.81. The first-order chi connectivity index (χ1) is 10.6. The van der Waals surface area contributed by atoms with Crippen LogP contribution in [-0.2, 0) is 4.74 Å². The van der Waals surface area contributed by atoms with E-state index in [9.17, 15) is 4.79 Å². The van der Waals surface area contributed by atoms with Gasteiger partial charge in [-0.1, -0.05) is 0 Å². The molecule has 9 nitrogen and oxygen atoms in total. The van der Waals surface area contributed by atoms with Crippen molar-refractivity contribution in [3.63, 3.8) is 0 Å². The SMILES string of the molecule is NC(=O)c1c(Nc2ccc(N3CCOCC3)nc2)n[nH]c1N. The minimum atomic E-state index is -0.647. The van der Waals surface area contributed by atoms with E-state index in [1.165, 1.54) is 0 Å². The van der Waals surface area contributed by atoms with Crippen LogP contribution in [0.5, 0.6) is 0 Å². The number of anilines is 4. The maximum absolute atomic E-state index is 11.4. The molecular formula is C13H17N7O2. The monoisotopic (exact) mass is 303 g/mol. The predicted molar refractivity (Wildman–Crippen MR) is 82.1 cm³/mol. The molecule has 2 aromatic rings. The summed E-state index contributed by atoms with van der Waals surface area (Å²) in [6.07, 6.45) is 1.67. The predicted octanol–water partition coefficient (Wildman–Crippen LogP) is 0.0660. The van der Waals surface area contributed by atoms with Gasteiger partial charge in [-0.2, -0.15) is 5.10 Å². The first-order valence-electron chi connectivity index (χ1n) is 6.84. The van der Waals surface area contributed by atoms with Crippen molar-refractivity contribution in [3.8, 4) is 0 Å². The fraction of sp³-hybridized carbons (Fsp3) is 0.308. The molecule has 2 aromatic heterocycles. The molecule has 3 rings (SSSR count). The van der Waals surface area contributed by atoms with Gasteiger partial charge in [0.1, 0.15) is 17.2 Å². The number of nitrogen functional groups attached to an aromatic ring is 1. The van der Waals surface area contributed by atoms with Crippen LogP contribution in [-0.4, -0.2) is 47.4 Å². The molecular weight excluding hydrogens is 286 g/mol. The van der Waals surface area contributed by atoms with Gasteiger partial charge in [-0.25, -0.2) is 4.98 Å². The van der Waals surface area contributed by atoms with Gasteiger partial charge < -0.3 is 26.4 Å². The van der Waals surface area contributed by atoms with E-state index in [1.54, 1.807) is 6.20 Å². The van der Waals surface area contributed by atoms with Gasteiger partial charge in [0.15, 0.2) is 5.82 Å². The number of nitrogens with one attached hydrogen (secondary N) is 2. The molecule has 22 heavy (non-hydrogen) atoms. The number of carbonyl (C=O) groups is 1. The lowest BCUT2D eigenvalue weighted by atomic mass is 10.2. The molecule has 0 radical (unpaired) electrons. The molecule has 1 saturated heterocycles. The highest BCUT2D eigenvalue weighted by Crippen LogP contribution is 2.23. The normalized spacial score (nSPS) is 14.8. The highest BCUT2D eigenvalue weighted by molar-refractivity contribution is 6.02. The van der Waals surface area contributed by atoms with Crippen LogP contribution in [0.15, 0.2) is 18.3 Å². The number of aromatic amines is 1.